The van der Waals surface area contributed by atoms with Crippen LogP contribution in [0.25, 0.3) is 11.2 Å². The number of ether oxygens (including phenoxy) is 1. The van der Waals surface area contributed by atoms with Gasteiger partial charge >= 0.3 is 0 Å². The number of hydrogen-bond acceptors (Lipinski definition) is 7. The monoisotopic (exact) mass is 351 g/mol. The van der Waals surface area contributed by atoms with Gasteiger partial charge in [0.1, 0.15) is 24.2 Å². The zero-order valence-electron chi connectivity index (χ0n) is 13.8. The second kappa shape index (κ2) is 6.66. The van der Waals surface area contributed by atoms with Crippen molar-refractivity contribution in [3.05, 3.63) is 60.7 Å². The molecule has 0 amide bonds. The number of nitrogens with two attached hydrogens (primary N) is 1. The molecule has 3 aromatic rings. The standard InChI is InChI=1S/C18H17N5O3/c19-17-16-18(21-9-20-17)23(10-22-16)15-8-13(25)14(26-15)7-6-12(24)11-4-2-1-3-5-11/h1-7,9-10,13-15,25H,8H2,(H2,19,20,21)/b7-6+/t13-,14+,15+/m0/s1. The van der Waals surface area contributed by atoms with E-state index in [0.29, 0.717) is 23.1 Å². The summed E-state index contributed by atoms with van der Waals surface area (Å²) in [5, 5.41) is 10.3. The summed E-state index contributed by atoms with van der Waals surface area (Å²) in [4.78, 5) is 24.5. The van der Waals surface area contributed by atoms with E-state index in [-0.39, 0.29) is 11.6 Å². The Hall–Kier alpha value is -3.10. The van der Waals surface area contributed by atoms with Crippen LogP contribution >= 0.6 is 0 Å². The summed E-state index contributed by atoms with van der Waals surface area (Å²) in [6.07, 6.45) is 4.50. The number of rotatable bonds is 4. The van der Waals surface area contributed by atoms with Crippen molar-refractivity contribution in [2.45, 2.75) is 24.9 Å². The third kappa shape index (κ3) is 2.96. The molecule has 3 atom stereocenters. The van der Waals surface area contributed by atoms with Gasteiger partial charge in [0.2, 0.25) is 0 Å². The molecule has 0 unspecified atom stereocenters. The number of imidazole rings is 1. The lowest BCUT2D eigenvalue weighted by molar-refractivity contribution is 0.00892. The molecule has 1 aliphatic rings. The maximum absolute atomic E-state index is 12.2. The Morgan fingerprint density at radius 3 is 2.88 bits per heavy atom. The highest BCUT2D eigenvalue weighted by Gasteiger charge is 2.34. The maximum atomic E-state index is 12.2. The van der Waals surface area contributed by atoms with Crippen molar-refractivity contribution < 1.29 is 14.6 Å². The summed E-state index contributed by atoms with van der Waals surface area (Å²) in [5.74, 6) is 0.149. The highest BCUT2D eigenvalue weighted by molar-refractivity contribution is 6.04. The fourth-order valence-electron chi connectivity index (χ4n) is 2.98. The molecule has 8 heteroatoms. The zero-order chi connectivity index (χ0) is 18.1. The number of aromatic nitrogens is 4. The first-order chi connectivity index (χ1) is 12.6. The smallest absolute Gasteiger partial charge is 0.185 e. The van der Waals surface area contributed by atoms with Crippen LogP contribution in [0, 0.1) is 0 Å². The van der Waals surface area contributed by atoms with Gasteiger partial charge < -0.3 is 15.6 Å². The highest BCUT2D eigenvalue weighted by atomic mass is 16.5. The first-order valence-electron chi connectivity index (χ1n) is 8.17. The largest absolute Gasteiger partial charge is 0.390 e. The molecule has 0 aliphatic carbocycles. The van der Waals surface area contributed by atoms with E-state index in [1.54, 1.807) is 41.2 Å². The maximum Gasteiger partial charge on any atom is 0.185 e. The second-order valence-electron chi connectivity index (χ2n) is 6.03. The topological polar surface area (TPSA) is 116 Å². The Labute approximate surface area is 149 Å². The van der Waals surface area contributed by atoms with Crippen LogP contribution in [-0.2, 0) is 4.74 Å². The van der Waals surface area contributed by atoms with Crippen molar-refractivity contribution in [1.82, 2.24) is 19.5 Å². The molecule has 26 heavy (non-hydrogen) atoms. The van der Waals surface area contributed by atoms with Crippen LogP contribution in [0.4, 0.5) is 5.82 Å². The summed E-state index contributed by atoms with van der Waals surface area (Å²) < 4.78 is 7.60. The number of allylic oxidation sites excluding steroid dienone is 1. The summed E-state index contributed by atoms with van der Waals surface area (Å²) in [7, 11) is 0. The summed E-state index contributed by atoms with van der Waals surface area (Å²) in [6, 6.07) is 8.93. The number of benzene rings is 1. The number of nitrogens with zero attached hydrogens (tertiary/aromatic N) is 4. The normalized spacial score (nSPS) is 23.0. The first-order valence-corrected chi connectivity index (χ1v) is 8.17. The molecular weight excluding hydrogens is 334 g/mol. The molecule has 4 rings (SSSR count). The highest BCUT2D eigenvalue weighted by Crippen LogP contribution is 2.31. The Morgan fingerprint density at radius 1 is 1.27 bits per heavy atom. The number of anilines is 1. The second-order valence-corrected chi connectivity index (χ2v) is 6.03. The van der Waals surface area contributed by atoms with Crippen molar-refractivity contribution in [1.29, 1.82) is 0 Å². The van der Waals surface area contributed by atoms with Gasteiger partial charge in [0.05, 0.1) is 12.4 Å². The molecule has 0 radical (unpaired) electrons. The van der Waals surface area contributed by atoms with Crippen LogP contribution in [0.2, 0.25) is 0 Å². The van der Waals surface area contributed by atoms with Crippen molar-refractivity contribution in [2.75, 3.05) is 5.73 Å². The molecule has 0 spiro atoms. The van der Waals surface area contributed by atoms with E-state index in [9.17, 15) is 9.90 Å². The minimum atomic E-state index is -0.739. The minimum Gasteiger partial charge on any atom is -0.390 e. The lowest BCUT2D eigenvalue weighted by Gasteiger charge is -2.13. The molecule has 1 saturated heterocycles. The third-order valence-corrected chi connectivity index (χ3v) is 4.33. The average Bonchev–Trinajstić information content (AvgIpc) is 3.25. The Bertz CT molecular complexity index is 969. The van der Waals surface area contributed by atoms with Gasteiger partial charge in [-0.2, -0.15) is 0 Å². The Kier molecular flexibility index (Phi) is 4.19. The molecular formula is C18H17N5O3. The van der Waals surface area contributed by atoms with Crippen molar-refractivity contribution >= 4 is 22.8 Å². The van der Waals surface area contributed by atoms with Gasteiger partial charge in [-0.05, 0) is 12.2 Å². The van der Waals surface area contributed by atoms with Gasteiger partial charge in [-0.3, -0.25) is 9.36 Å². The van der Waals surface area contributed by atoms with Crippen LogP contribution in [0.3, 0.4) is 0 Å². The number of hydrogen-bond donors (Lipinski definition) is 2. The van der Waals surface area contributed by atoms with Gasteiger partial charge in [-0.25, -0.2) is 15.0 Å². The molecule has 1 fully saturated rings. The van der Waals surface area contributed by atoms with Crippen molar-refractivity contribution in [2.24, 2.45) is 0 Å². The number of aliphatic hydroxyl groups excluding tert-OH is 1. The molecule has 3 N–H and O–H groups in total. The van der Waals surface area contributed by atoms with E-state index in [4.69, 9.17) is 10.5 Å². The van der Waals surface area contributed by atoms with Gasteiger partial charge in [0.25, 0.3) is 0 Å². The third-order valence-electron chi connectivity index (χ3n) is 4.33. The number of fused-ring (bicyclic) bond motifs is 1. The SMILES string of the molecule is Nc1ncnc2c1ncn2[C@H]1C[C@H](O)[C@@H](/C=C/C(=O)c2ccccc2)O1. The number of aliphatic hydroxyl groups is 1. The van der Waals surface area contributed by atoms with E-state index < -0.39 is 18.4 Å². The average molecular weight is 351 g/mol. The van der Waals surface area contributed by atoms with E-state index in [0.717, 1.165) is 0 Å². The minimum absolute atomic E-state index is 0.140. The van der Waals surface area contributed by atoms with Gasteiger partial charge in [0, 0.05) is 12.0 Å². The number of carbonyl (C=O) groups excluding carboxylic acids is 1. The first kappa shape index (κ1) is 16.4. The molecule has 132 valence electrons. The van der Waals surface area contributed by atoms with E-state index >= 15 is 0 Å². The molecule has 1 aromatic carbocycles. The number of nitrogen functional groups attached to an aromatic ring is 1. The molecule has 3 heterocycles. The van der Waals surface area contributed by atoms with Gasteiger partial charge in [-0.1, -0.05) is 30.3 Å². The fourth-order valence-corrected chi connectivity index (χ4v) is 2.98. The molecule has 0 saturated carbocycles. The molecule has 8 nitrogen and oxygen atoms in total. The van der Waals surface area contributed by atoms with Crippen LogP contribution in [0.1, 0.15) is 23.0 Å². The Balaban J connectivity index is 1.51. The number of carbonyl (C=O) groups is 1. The quantitative estimate of drug-likeness (QED) is 0.540. The summed E-state index contributed by atoms with van der Waals surface area (Å²) >= 11 is 0. The van der Waals surface area contributed by atoms with E-state index in [1.807, 2.05) is 6.07 Å². The van der Waals surface area contributed by atoms with Crippen LogP contribution in [0.15, 0.2) is 55.1 Å². The van der Waals surface area contributed by atoms with Crippen LogP contribution in [0.5, 0.6) is 0 Å². The van der Waals surface area contributed by atoms with Crippen molar-refractivity contribution in [3.63, 3.8) is 0 Å². The lowest BCUT2D eigenvalue weighted by Crippen LogP contribution is -2.18. The zero-order valence-corrected chi connectivity index (χ0v) is 13.8. The van der Waals surface area contributed by atoms with Crippen molar-refractivity contribution in [3.8, 4) is 0 Å². The molecule has 1 aliphatic heterocycles. The predicted octanol–water partition coefficient (Wildman–Crippen LogP) is 1.50. The molecule has 2 aromatic heterocycles. The van der Waals surface area contributed by atoms with Gasteiger partial charge in [0.15, 0.2) is 17.2 Å². The lowest BCUT2D eigenvalue weighted by atomic mass is 10.1. The van der Waals surface area contributed by atoms with Gasteiger partial charge in [-0.15, -0.1) is 0 Å². The summed E-state index contributed by atoms with van der Waals surface area (Å²) in [5.41, 5.74) is 7.41. The summed E-state index contributed by atoms with van der Waals surface area (Å²) in [6.45, 7) is 0. The van der Waals surface area contributed by atoms with E-state index in [2.05, 4.69) is 15.0 Å². The predicted molar refractivity (Wildman–Crippen MR) is 94.2 cm³/mol. The van der Waals surface area contributed by atoms with Crippen LogP contribution < -0.4 is 5.73 Å². The molecule has 0 bridgehead atoms. The Morgan fingerprint density at radius 2 is 2.08 bits per heavy atom. The van der Waals surface area contributed by atoms with Crippen LogP contribution in [-0.4, -0.2) is 42.6 Å². The number of ketones is 1. The van der Waals surface area contributed by atoms with E-state index in [1.165, 1.54) is 12.4 Å². The fraction of sp³-hybridized carbons (Fsp3) is 0.222.